The van der Waals surface area contributed by atoms with Crippen molar-refractivity contribution < 1.29 is 0 Å². The van der Waals surface area contributed by atoms with Crippen molar-refractivity contribution in [2.45, 2.75) is 58.4 Å². The second kappa shape index (κ2) is 9.35. The zero-order valence-electron chi connectivity index (χ0n) is 12.1. The third-order valence-corrected chi connectivity index (χ3v) is 4.00. The number of hydrogen-bond acceptors (Lipinski definition) is 3. The van der Waals surface area contributed by atoms with Crippen molar-refractivity contribution in [1.82, 2.24) is 10.2 Å². The van der Waals surface area contributed by atoms with Crippen LogP contribution >= 0.6 is 0 Å². The first-order valence-corrected chi connectivity index (χ1v) is 7.67. The fourth-order valence-electron chi connectivity index (χ4n) is 2.86. The van der Waals surface area contributed by atoms with Crippen molar-refractivity contribution in [3.8, 4) is 6.07 Å². The second-order valence-electron chi connectivity index (χ2n) is 5.37. The van der Waals surface area contributed by atoms with Crippen LogP contribution in [0.25, 0.3) is 0 Å². The van der Waals surface area contributed by atoms with Gasteiger partial charge in [0, 0.05) is 19.1 Å². The highest BCUT2D eigenvalue weighted by Gasteiger charge is 2.22. The Kier molecular flexibility index (Phi) is 8.04. The zero-order valence-corrected chi connectivity index (χ0v) is 12.1. The molecule has 0 radical (unpaired) electrons. The van der Waals surface area contributed by atoms with Gasteiger partial charge in [-0.25, -0.2) is 0 Å². The predicted molar refractivity (Wildman–Crippen MR) is 76.4 cm³/mol. The summed E-state index contributed by atoms with van der Waals surface area (Å²) < 4.78 is 0. The van der Waals surface area contributed by atoms with Gasteiger partial charge in [-0.1, -0.05) is 33.1 Å². The molecule has 18 heavy (non-hydrogen) atoms. The molecule has 3 nitrogen and oxygen atoms in total. The maximum Gasteiger partial charge on any atom is 0.0672 e. The molecule has 0 aliphatic heterocycles. The van der Waals surface area contributed by atoms with Gasteiger partial charge in [-0.15, -0.1) is 0 Å². The smallest absolute Gasteiger partial charge is 0.0672 e. The first-order chi connectivity index (χ1) is 8.81. The van der Waals surface area contributed by atoms with Gasteiger partial charge in [0.25, 0.3) is 0 Å². The van der Waals surface area contributed by atoms with E-state index >= 15 is 0 Å². The summed E-state index contributed by atoms with van der Waals surface area (Å²) in [5.74, 6) is 0.230. The molecule has 1 fully saturated rings. The van der Waals surface area contributed by atoms with Crippen LogP contribution in [0.15, 0.2) is 0 Å². The third kappa shape index (κ3) is 5.37. The first-order valence-electron chi connectivity index (χ1n) is 7.67. The third-order valence-electron chi connectivity index (χ3n) is 4.00. The molecule has 0 saturated heterocycles. The molecule has 1 N–H and O–H groups in total. The molecule has 1 aliphatic rings. The minimum atomic E-state index is 0.230. The Morgan fingerprint density at radius 2 is 1.94 bits per heavy atom. The largest absolute Gasteiger partial charge is 0.311 e. The van der Waals surface area contributed by atoms with Gasteiger partial charge in [-0.3, -0.25) is 0 Å². The summed E-state index contributed by atoms with van der Waals surface area (Å²) in [4.78, 5) is 2.48. The lowest BCUT2D eigenvalue weighted by Crippen LogP contribution is -2.40. The summed E-state index contributed by atoms with van der Waals surface area (Å²) in [5.41, 5.74) is 0. The fourth-order valence-corrected chi connectivity index (χ4v) is 2.86. The molecule has 0 aromatic carbocycles. The van der Waals surface area contributed by atoms with Crippen LogP contribution in [0, 0.1) is 17.2 Å². The summed E-state index contributed by atoms with van der Waals surface area (Å²) in [7, 11) is 0. The van der Waals surface area contributed by atoms with Gasteiger partial charge in [0.15, 0.2) is 0 Å². The minimum absolute atomic E-state index is 0.230. The van der Waals surface area contributed by atoms with E-state index in [0.29, 0.717) is 6.04 Å². The van der Waals surface area contributed by atoms with E-state index in [1.54, 1.807) is 0 Å². The molecular weight excluding hydrogens is 222 g/mol. The van der Waals surface area contributed by atoms with Gasteiger partial charge in [-0.2, -0.15) is 5.26 Å². The van der Waals surface area contributed by atoms with Crippen LogP contribution in [-0.2, 0) is 0 Å². The molecule has 2 unspecified atom stereocenters. The Hall–Kier alpha value is -0.590. The van der Waals surface area contributed by atoms with E-state index in [0.717, 1.165) is 26.1 Å². The Bertz CT molecular complexity index is 247. The van der Waals surface area contributed by atoms with Gasteiger partial charge in [0.05, 0.1) is 12.0 Å². The molecule has 0 spiro atoms. The summed E-state index contributed by atoms with van der Waals surface area (Å²) >= 11 is 0. The lowest BCUT2D eigenvalue weighted by Gasteiger charge is -2.24. The molecule has 1 rings (SSSR count). The molecule has 0 bridgehead atoms. The SMILES string of the molecule is CCCN(CC)CCNC1CCCCCC1C#N. The number of nitrogens with one attached hydrogen (secondary N) is 1. The van der Waals surface area contributed by atoms with Crippen molar-refractivity contribution in [3.05, 3.63) is 0 Å². The minimum Gasteiger partial charge on any atom is -0.311 e. The lowest BCUT2D eigenvalue weighted by molar-refractivity contribution is 0.274. The van der Waals surface area contributed by atoms with E-state index in [9.17, 15) is 5.26 Å². The van der Waals surface area contributed by atoms with Crippen molar-refractivity contribution in [2.24, 2.45) is 5.92 Å². The van der Waals surface area contributed by atoms with Gasteiger partial charge in [-0.05, 0) is 32.4 Å². The number of nitrogens with zero attached hydrogens (tertiary/aromatic N) is 2. The quantitative estimate of drug-likeness (QED) is 0.707. The molecule has 0 heterocycles. The van der Waals surface area contributed by atoms with Crippen LogP contribution in [0.4, 0.5) is 0 Å². The maximum absolute atomic E-state index is 9.22. The van der Waals surface area contributed by atoms with Crippen LogP contribution in [-0.4, -0.2) is 37.1 Å². The van der Waals surface area contributed by atoms with Crippen molar-refractivity contribution >= 4 is 0 Å². The Morgan fingerprint density at radius 3 is 2.61 bits per heavy atom. The monoisotopic (exact) mass is 251 g/mol. The van der Waals surface area contributed by atoms with Crippen LogP contribution < -0.4 is 5.32 Å². The lowest BCUT2D eigenvalue weighted by atomic mass is 9.96. The molecule has 0 aromatic rings. The van der Waals surface area contributed by atoms with Crippen molar-refractivity contribution in [1.29, 1.82) is 5.26 Å². The average Bonchev–Trinajstić information content (AvgIpc) is 2.62. The molecule has 3 heteroatoms. The molecule has 104 valence electrons. The van der Waals surface area contributed by atoms with Crippen LogP contribution in [0.3, 0.4) is 0 Å². The van der Waals surface area contributed by atoms with Gasteiger partial charge < -0.3 is 10.2 Å². The molecular formula is C15H29N3. The number of rotatable bonds is 7. The predicted octanol–water partition coefficient (Wildman–Crippen LogP) is 2.78. The normalized spacial score (nSPS) is 24.8. The Morgan fingerprint density at radius 1 is 1.17 bits per heavy atom. The number of nitriles is 1. The Labute approximate surface area is 113 Å². The Balaban J connectivity index is 2.29. The van der Waals surface area contributed by atoms with E-state index in [1.165, 1.54) is 38.6 Å². The molecule has 2 atom stereocenters. The highest BCUT2D eigenvalue weighted by molar-refractivity contribution is 4.93. The molecule has 1 aliphatic carbocycles. The second-order valence-corrected chi connectivity index (χ2v) is 5.37. The zero-order chi connectivity index (χ0) is 13.2. The topological polar surface area (TPSA) is 39.1 Å². The summed E-state index contributed by atoms with van der Waals surface area (Å²) in [6.07, 6.45) is 7.29. The van der Waals surface area contributed by atoms with Crippen LogP contribution in [0.5, 0.6) is 0 Å². The summed E-state index contributed by atoms with van der Waals surface area (Å²) in [6.45, 7) is 8.90. The van der Waals surface area contributed by atoms with Gasteiger partial charge in [0.2, 0.25) is 0 Å². The molecule has 0 amide bonds. The summed E-state index contributed by atoms with van der Waals surface area (Å²) in [5, 5.41) is 12.8. The maximum atomic E-state index is 9.22. The number of hydrogen-bond donors (Lipinski definition) is 1. The molecule has 1 saturated carbocycles. The van der Waals surface area contributed by atoms with E-state index in [1.807, 2.05) is 0 Å². The average molecular weight is 251 g/mol. The van der Waals surface area contributed by atoms with Crippen LogP contribution in [0.1, 0.15) is 52.4 Å². The van der Waals surface area contributed by atoms with Gasteiger partial charge >= 0.3 is 0 Å². The fraction of sp³-hybridized carbons (Fsp3) is 0.933. The highest BCUT2D eigenvalue weighted by Crippen LogP contribution is 2.22. The van der Waals surface area contributed by atoms with E-state index in [-0.39, 0.29) is 5.92 Å². The highest BCUT2D eigenvalue weighted by atomic mass is 15.1. The molecule has 0 aromatic heterocycles. The van der Waals surface area contributed by atoms with Crippen molar-refractivity contribution in [2.75, 3.05) is 26.2 Å². The van der Waals surface area contributed by atoms with Crippen molar-refractivity contribution in [3.63, 3.8) is 0 Å². The van der Waals surface area contributed by atoms with E-state index in [2.05, 4.69) is 30.1 Å². The van der Waals surface area contributed by atoms with Crippen LogP contribution in [0.2, 0.25) is 0 Å². The first kappa shape index (κ1) is 15.5. The number of likely N-dealkylation sites (N-methyl/N-ethyl adjacent to an activating group) is 1. The summed E-state index contributed by atoms with van der Waals surface area (Å²) in [6, 6.07) is 2.92. The van der Waals surface area contributed by atoms with Gasteiger partial charge in [0.1, 0.15) is 0 Å². The van der Waals surface area contributed by atoms with E-state index in [4.69, 9.17) is 0 Å². The standard InChI is InChI=1S/C15H29N3/c1-3-11-18(4-2)12-10-17-15-9-7-5-6-8-14(15)13-16/h14-15,17H,3-12H2,1-2H3. The van der Waals surface area contributed by atoms with E-state index < -0.39 is 0 Å².